The number of hydrogen-bond acceptors (Lipinski definition) is 5. The Morgan fingerprint density at radius 2 is 1.90 bits per heavy atom. The van der Waals surface area contributed by atoms with Crippen molar-refractivity contribution in [3.8, 4) is 22.1 Å². The van der Waals surface area contributed by atoms with E-state index in [1.807, 2.05) is 43.3 Å². The van der Waals surface area contributed by atoms with Crippen molar-refractivity contribution in [2.24, 2.45) is 4.99 Å². The molecule has 0 aliphatic rings. The van der Waals surface area contributed by atoms with Gasteiger partial charge in [0.15, 0.2) is 5.96 Å². The van der Waals surface area contributed by atoms with Crippen LogP contribution in [0.5, 0.6) is 11.5 Å². The number of aliphatic imine (C=N–C) groups is 1. The standard InChI is InChI=1S/C22H26N4O2S/c1-4-23-22(24-13-17-10-11-19(27-2)12-20(17)28-3)25-14-18-15-29-21(26-18)16-8-6-5-7-9-16/h5-12,15H,4,13-14H2,1-3H3,(H2,23,24,25). The summed E-state index contributed by atoms with van der Waals surface area (Å²) in [4.78, 5) is 9.39. The van der Waals surface area contributed by atoms with Gasteiger partial charge < -0.3 is 20.1 Å². The monoisotopic (exact) mass is 410 g/mol. The van der Waals surface area contributed by atoms with E-state index in [-0.39, 0.29) is 0 Å². The average Bonchev–Trinajstić information content (AvgIpc) is 3.25. The van der Waals surface area contributed by atoms with Crippen LogP contribution in [0.2, 0.25) is 0 Å². The fourth-order valence-electron chi connectivity index (χ4n) is 2.76. The van der Waals surface area contributed by atoms with Crippen LogP contribution in [0.25, 0.3) is 10.6 Å². The summed E-state index contributed by atoms with van der Waals surface area (Å²) in [6.07, 6.45) is 0. The van der Waals surface area contributed by atoms with E-state index in [4.69, 9.17) is 14.5 Å². The summed E-state index contributed by atoms with van der Waals surface area (Å²) in [7, 11) is 3.29. The Labute approximate surface area is 175 Å². The van der Waals surface area contributed by atoms with E-state index in [1.54, 1.807) is 25.6 Å². The quantitative estimate of drug-likeness (QED) is 0.433. The molecule has 2 aromatic carbocycles. The van der Waals surface area contributed by atoms with Gasteiger partial charge in [0.05, 0.1) is 33.0 Å². The van der Waals surface area contributed by atoms with Gasteiger partial charge >= 0.3 is 0 Å². The van der Waals surface area contributed by atoms with E-state index in [0.29, 0.717) is 13.1 Å². The van der Waals surface area contributed by atoms with Crippen LogP contribution in [0.4, 0.5) is 0 Å². The van der Waals surface area contributed by atoms with Crippen LogP contribution in [0.1, 0.15) is 18.2 Å². The molecular formula is C22H26N4O2S. The van der Waals surface area contributed by atoms with Gasteiger partial charge in [0.25, 0.3) is 0 Å². The van der Waals surface area contributed by atoms with E-state index < -0.39 is 0 Å². The number of nitrogens with one attached hydrogen (secondary N) is 2. The summed E-state index contributed by atoms with van der Waals surface area (Å²) >= 11 is 1.65. The third-order valence-electron chi connectivity index (χ3n) is 4.26. The molecule has 7 heteroatoms. The van der Waals surface area contributed by atoms with Gasteiger partial charge in [-0.2, -0.15) is 0 Å². The Morgan fingerprint density at radius 1 is 1.07 bits per heavy atom. The van der Waals surface area contributed by atoms with Gasteiger partial charge in [-0.15, -0.1) is 11.3 Å². The Bertz CT molecular complexity index is 941. The topological polar surface area (TPSA) is 67.8 Å². The minimum absolute atomic E-state index is 0.495. The first-order chi connectivity index (χ1) is 14.2. The van der Waals surface area contributed by atoms with Crippen molar-refractivity contribution in [1.29, 1.82) is 0 Å². The number of thiazole rings is 1. The second-order valence-corrected chi connectivity index (χ2v) is 7.09. The Kier molecular flexibility index (Phi) is 7.47. The number of rotatable bonds is 8. The fraction of sp³-hybridized carbons (Fsp3) is 0.273. The lowest BCUT2D eigenvalue weighted by molar-refractivity contribution is 0.391. The molecule has 3 aromatic rings. The van der Waals surface area contributed by atoms with Gasteiger partial charge in [-0.3, -0.25) is 0 Å². The smallest absolute Gasteiger partial charge is 0.191 e. The molecule has 29 heavy (non-hydrogen) atoms. The zero-order chi connectivity index (χ0) is 20.5. The van der Waals surface area contributed by atoms with Crippen LogP contribution < -0.4 is 20.1 Å². The minimum atomic E-state index is 0.495. The molecule has 0 fully saturated rings. The van der Waals surface area contributed by atoms with E-state index in [1.165, 1.54) is 0 Å². The van der Waals surface area contributed by atoms with E-state index >= 15 is 0 Å². The lowest BCUT2D eigenvalue weighted by Crippen LogP contribution is -2.36. The lowest BCUT2D eigenvalue weighted by Gasteiger charge is -2.12. The molecule has 3 rings (SSSR count). The van der Waals surface area contributed by atoms with Crippen molar-refractivity contribution in [3.63, 3.8) is 0 Å². The van der Waals surface area contributed by atoms with Crippen molar-refractivity contribution >= 4 is 17.3 Å². The van der Waals surface area contributed by atoms with Gasteiger partial charge in [0.2, 0.25) is 0 Å². The van der Waals surface area contributed by atoms with Crippen LogP contribution in [-0.2, 0) is 13.1 Å². The summed E-state index contributed by atoms with van der Waals surface area (Å²) in [6, 6.07) is 16.0. The average molecular weight is 411 g/mol. The lowest BCUT2D eigenvalue weighted by atomic mass is 10.2. The molecule has 1 aromatic heterocycles. The zero-order valence-electron chi connectivity index (χ0n) is 16.9. The van der Waals surface area contributed by atoms with E-state index in [0.717, 1.165) is 45.8 Å². The predicted molar refractivity (Wildman–Crippen MR) is 119 cm³/mol. The number of aromatic nitrogens is 1. The Hall–Kier alpha value is -3.06. The first kappa shape index (κ1) is 20.7. The molecule has 0 atom stereocenters. The highest BCUT2D eigenvalue weighted by Crippen LogP contribution is 2.25. The highest BCUT2D eigenvalue weighted by Gasteiger charge is 2.07. The number of nitrogens with zero attached hydrogens (tertiary/aromatic N) is 2. The molecule has 152 valence electrons. The summed E-state index contributed by atoms with van der Waals surface area (Å²) < 4.78 is 10.7. The molecule has 0 spiro atoms. The van der Waals surface area contributed by atoms with Gasteiger partial charge in [-0.25, -0.2) is 9.98 Å². The van der Waals surface area contributed by atoms with E-state index in [9.17, 15) is 0 Å². The maximum absolute atomic E-state index is 5.46. The number of guanidine groups is 1. The molecule has 0 aliphatic carbocycles. The summed E-state index contributed by atoms with van der Waals surface area (Å²) in [5, 5.41) is 9.72. The van der Waals surface area contributed by atoms with Crippen LogP contribution in [0.15, 0.2) is 58.9 Å². The van der Waals surface area contributed by atoms with Crippen molar-refractivity contribution in [1.82, 2.24) is 15.6 Å². The van der Waals surface area contributed by atoms with Crippen LogP contribution in [-0.4, -0.2) is 31.7 Å². The van der Waals surface area contributed by atoms with E-state index in [2.05, 4.69) is 33.1 Å². The Balaban J connectivity index is 1.65. The minimum Gasteiger partial charge on any atom is -0.497 e. The maximum atomic E-state index is 5.46. The molecular weight excluding hydrogens is 384 g/mol. The first-order valence-electron chi connectivity index (χ1n) is 9.46. The second kappa shape index (κ2) is 10.5. The third-order valence-corrected chi connectivity index (χ3v) is 5.20. The molecule has 1 heterocycles. The van der Waals surface area contributed by atoms with Crippen molar-refractivity contribution < 1.29 is 9.47 Å². The summed E-state index contributed by atoms with van der Waals surface area (Å²) in [6.45, 7) is 3.92. The van der Waals surface area contributed by atoms with Gasteiger partial charge in [0, 0.05) is 29.1 Å². The summed E-state index contributed by atoms with van der Waals surface area (Å²) in [5.41, 5.74) is 3.11. The van der Waals surface area contributed by atoms with Crippen molar-refractivity contribution in [2.45, 2.75) is 20.0 Å². The highest BCUT2D eigenvalue weighted by molar-refractivity contribution is 7.13. The van der Waals surface area contributed by atoms with Gasteiger partial charge in [-0.1, -0.05) is 30.3 Å². The van der Waals surface area contributed by atoms with Gasteiger partial charge in [0.1, 0.15) is 16.5 Å². The van der Waals surface area contributed by atoms with Gasteiger partial charge in [-0.05, 0) is 19.1 Å². The maximum Gasteiger partial charge on any atom is 0.191 e. The number of benzene rings is 2. The van der Waals surface area contributed by atoms with Crippen molar-refractivity contribution in [3.05, 3.63) is 65.2 Å². The van der Waals surface area contributed by atoms with Crippen LogP contribution >= 0.6 is 11.3 Å². The molecule has 6 nitrogen and oxygen atoms in total. The predicted octanol–water partition coefficient (Wildman–Crippen LogP) is 4.08. The number of ether oxygens (including phenoxy) is 2. The van der Waals surface area contributed by atoms with Crippen molar-refractivity contribution in [2.75, 3.05) is 20.8 Å². The number of hydrogen-bond donors (Lipinski definition) is 2. The largest absolute Gasteiger partial charge is 0.497 e. The van der Waals surface area contributed by atoms with Crippen LogP contribution in [0.3, 0.4) is 0 Å². The second-order valence-electron chi connectivity index (χ2n) is 6.24. The fourth-order valence-corrected chi connectivity index (χ4v) is 3.59. The normalized spacial score (nSPS) is 11.2. The SMILES string of the molecule is CCNC(=NCc1ccc(OC)cc1OC)NCc1csc(-c2ccccc2)n1. The molecule has 0 bridgehead atoms. The number of methoxy groups -OCH3 is 2. The molecule has 0 unspecified atom stereocenters. The molecule has 0 amide bonds. The first-order valence-corrected chi connectivity index (χ1v) is 10.3. The summed E-state index contributed by atoms with van der Waals surface area (Å²) in [5.74, 6) is 2.26. The molecule has 0 radical (unpaired) electrons. The van der Waals surface area contributed by atoms with Crippen LogP contribution in [0, 0.1) is 0 Å². The molecule has 0 saturated carbocycles. The molecule has 0 aliphatic heterocycles. The molecule has 2 N–H and O–H groups in total. The zero-order valence-corrected chi connectivity index (χ0v) is 17.8. The molecule has 0 saturated heterocycles. The third kappa shape index (κ3) is 5.71. The highest BCUT2D eigenvalue weighted by atomic mass is 32.1. The Morgan fingerprint density at radius 3 is 2.62 bits per heavy atom.